The van der Waals surface area contributed by atoms with Crippen molar-refractivity contribution < 1.29 is 0 Å². The number of nitrogens with two attached hydrogens (primary N) is 1. The number of hydrogen-bond donors (Lipinski definition) is 2. The van der Waals surface area contributed by atoms with Crippen molar-refractivity contribution in [2.24, 2.45) is 0 Å². The molecule has 3 N–H and O–H groups in total. The Morgan fingerprint density at radius 1 is 1.26 bits per heavy atom. The molecule has 5 heteroatoms. The van der Waals surface area contributed by atoms with E-state index >= 15 is 0 Å². The van der Waals surface area contributed by atoms with E-state index in [1.54, 1.807) is 6.07 Å². The Kier molecular flexibility index (Phi) is 3.27. The summed E-state index contributed by atoms with van der Waals surface area (Å²) in [5, 5.41) is 3.29. The summed E-state index contributed by atoms with van der Waals surface area (Å²) in [5.74, 6) is 2.74. The van der Waals surface area contributed by atoms with Crippen LogP contribution < -0.4 is 11.1 Å². The predicted octanol–water partition coefficient (Wildman–Crippen LogP) is 1.99. The molecular weight excluding hydrogens is 238 g/mol. The SMILES string of the molecule is Nc1cc(NCCc2ccccn2)nc(C2CC2)n1. The summed E-state index contributed by atoms with van der Waals surface area (Å²) in [6, 6.07) is 7.72. The van der Waals surface area contributed by atoms with E-state index in [1.165, 1.54) is 12.8 Å². The fourth-order valence-electron chi connectivity index (χ4n) is 1.96. The molecular formula is C14H17N5. The Hall–Kier alpha value is -2.17. The van der Waals surface area contributed by atoms with E-state index in [9.17, 15) is 0 Å². The van der Waals surface area contributed by atoms with Gasteiger partial charge in [-0.2, -0.15) is 0 Å². The third-order valence-electron chi connectivity index (χ3n) is 3.12. The standard InChI is InChI=1S/C14H17N5/c15-12-9-13(19-14(18-12)10-4-5-10)17-8-6-11-3-1-2-7-16-11/h1-3,7,9-10H,4-6,8H2,(H3,15,17,18,19). The van der Waals surface area contributed by atoms with Crippen molar-refractivity contribution in [3.8, 4) is 0 Å². The lowest BCUT2D eigenvalue weighted by molar-refractivity contribution is 0.910. The van der Waals surface area contributed by atoms with Crippen molar-refractivity contribution in [3.63, 3.8) is 0 Å². The van der Waals surface area contributed by atoms with Crippen LogP contribution in [-0.4, -0.2) is 21.5 Å². The zero-order valence-corrected chi connectivity index (χ0v) is 10.7. The summed E-state index contributed by atoms with van der Waals surface area (Å²) in [6.07, 6.45) is 5.03. The van der Waals surface area contributed by atoms with Crippen molar-refractivity contribution in [3.05, 3.63) is 42.0 Å². The van der Waals surface area contributed by atoms with Gasteiger partial charge in [0.05, 0.1) is 0 Å². The molecule has 19 heavy (non-hydrogen) atoms. The summed E-state index contributed by atoms with van der Waals surface area (Å²) in [5.41, 5.74) is 6.87. The first-order valence-electron chi connectivity index (χ1n) is 6.59. The third kappa shape index (κ3) is 3.19. The molecule has 0 unspecified atom stereocenters. The van der Waals surface area contributed by atoms with Crippen molar-refractivity contribution in [2.75, 3.05) is 17.6 Å². The van der Waals surface area contributed by atoms with E-state index in [-0.39, 0.29) is 0 Å². The molecule has 0 amide bonds. The van der Waals surface area contributed by atoms with Gasteiger partial charge in [0.1, 0.15) is 17.5 Å². The van der Waals surface area contributed by atoms with Crippen LogP contribution >= 0.6 is 0 Å². The Labute approximate surface area is 112 Å². The number of pyridine rings is 1. The van der Waals surface area contributed by atoms with Crippen LogP contribution in [0.4, 0.5) is 11.6 Å². The highest BCUT2D eigenvalue weighted by Gasteiger charge is 2.27. The number of rotatable bonds is 5. The van der Waals surface area contributed by atoms with Gasteiger partial charge in [0, 0.05) is 36.8 Å². The smallest absolute Gasteiger partial charge is 0.136 e. The Bertz CT molecular complexity index is 551. The molecule has 1 aliphatic carbocycles. The molecule has 0 atom stereocenters. The molecule has 2 aromatic rings. The highest BCUT2D eigenvalue weighted by atomic mass is 15.1. The van der Waals surface area contributed by atoms with Gasteiger partial charge in [-0.25, -0.2) is 9.97 Å². The normalized spacial score (nSPS) is 14.3. The average Bonchev–Trinajstić information content (AvgIpc) is 3.24. The van der Waals surface area contributed by atoms with Crippen LogP contribution in [0.3, 0.4) is 0 Å². The lowest BCUT2D eigenvalue weighted by Gasteiger charge is -2.07. The minimum atomic E-state index is 0.514. The van der Waals surface area contributed by atoms with Crippen molar-refractivity contribution >= 4 is 11.6 Å². The highest BCUT2D eigenvalue weighted by Crippen LogP contribution is 2.38. The first-order chi connectivity index (χ1) is 9.31. The zero-order valence-electron chi connectivity index (χ0n) is 10.7. The lowest BCUT2D eigenvalue weighted by Crippen LogP contribution is -2.09. The number of nitrogens with zero attached hydrogens (tertiary/aromatic N) is 3. The van der Waals surface area contributed by atoms with Gasteiger partial charge in [0.25, 0.3) is 0 Å². The number of anilines is 2. The van der Waals surface area contributed by atoms with Crippen LogP contribution in [0.15, 0.2) is 30.5 Å². The second-order valence-corrected chi connectivity index (χ2v) is 4.81. The summed E-state index contributed by atoms with van der Waals surface area (Å²) < 4.78 is 0. The van der Waals surface area contributed by atoms with Gasteiger partial charge in [-0.3, -0.25) is 4.98 Å². The van der Waals surface area contributed by atoms with E-state index in [0.717, 1.165) is 30.3 Å². The Balaban J connectivity index is 1.60. The summed E-state index contributed by atoms with van der Waals surface area (Å²) in [7, 11) is 0. The van der Waals surface area contributed by atoms with E-state index in [0.29, 0.717) is 11.7 Å². The number of nitrogen functional groups attached to an aromatic ring is 1. The molecule has 0 aliphatic heterocycles. The van der Waals surface area contributed by atoms with Gasteiger partial charge in [0.2, 0.25) is 0 Å². The van der Waals surface area contributed by atoms with Crippen molar-refractivity contribution in [1.29, 1.82) is 0 Å². The molecule has 1 aliphatic rings. The van der Waals surface area contributed by atoms with Crippen LogP contribution in [-0.2, 0) is 6.42 Å². The molecule has 2 aromatic heterocycles. The van der Waals surface area contributed by atoms with E-state index < -0.39 is 0 Å². The minimum absolute atomic E-state index is 0.514. The predicted molar refractivity (Wildman–Crippen MR) is 74.9 cm³/mol. The summed E-state index contributed by atoms with van der Waals surface area (Å²) in [6.45, 7) is 0.789. The van der Waals surface area contributed by atoms with E-state index in [4.69, 9.17) is 5.73 Å². The number of nitrogens with one attached hydrogen (secondary N) is 1. The molecule has 0 radical (unpaired) electrons. The molecule has 0 aromatic carbocycles. The Morgan fingerprint density at radius 2 is 2.16 bits per heavy atom. The first-order valence-corrected chi connectivity index (χ1v) is 6.59. The van der Waals surface area contributed by atoms with E-state index in [2.05, 4.69) is 20.3 Å². The van der Waals surface area contributed by atoms with Gasteiger partial charge in [-0.1, -0.05) is 6.07 Å². The molecule has 2 heterocycles. The maximum atomic E-state index is 5.80. The first kappa shape index (κ1) is 11.9. The quantitative estimate of drug-likeness (QED) is 0.854. The van der Waals surface area contributed by atoms with Crippen LogP contribution in [0.2, 0.25) is 0 Å². The molecule has 0 saturated heterocycles. The van der Waals surface area contributed by atoms with Crippen LogP contribution in [0, 0.1) is 0 Å². The van der Waals surface area contributed by atoms with Gasteiger partial charge in [0.15, 0.2) is 0 Å². The third-order valence-corrected chi connectivity index (χ3v) is 3.12. The average molecular weight is 255 g/mol. The van der Waals surface area contributed by atoms with Gasteiger partial charge < -0.3 is 11.1 Å². The fraction of sp³-hybridized carbons (Fsp3) is 0.357. The number of aromatic nitrogens is 3. The van der Waals surface area contributed by atoms with Crippen LogP contribution in [0.1, 0.15) is 30.3 Å². The lowest BCUT2D eigenvalue weighted by atomic mass is 10.3. The fourth-order valence-corrected chi connectivity index (χ4v) is 1.96. The molecule has 98 valence electrons. The van der Waals surface area contributed by atoms with Gasteiger partial charge >= 0.3 is 0 Å². The zero-order chi connectivity index (χ0) is 13.1. The Morgan fingerprint density at radius 3 is 2.89 bits per heavy atom. The molecule has 5 nitrogen and oxygen atoms in total. The topological polar surface area (TPSA) is 76.7 Å². The minimum Gasteiger partial charge on any atom is -0.384 e. The summed E-state index contributed by atoms with van der Waals surface area (Å²) in [4.78, 5) is 13.1. The van der Waals surface area contributed by atoms with Gasteiger partial charge in [-0.05, 0) is 25.0 Å². The maximum Gasteiger partial charge on any atom is 0.136 e. The second kappa shape index (κ2) is 5.22. The van der Waals surface area contributed by atoms with Gasteiger partial charge in [-0.15, -0.1) is 0 Å². The van der Waals surface area contributed by atoms with Crippen LogP contribution in [0.5, 0.6) is 0 Å². The van der Waals surface area contributed by atoms with Crippen molar-refractivity contribution in [2.45, 2.75) is 25.2 Å². The second-order valence-electron chi connectivity index (χ2n) is 4.81. The monoisotopic (exact) mass is 255 g/mol. The van der Waals surface area contributed by atoms with Crippen molar-refractivity contribution in [1.82, 2.24) is 15.0 Å². The van der Waals surface area contributed by atoms with Crippen LogP contribution in [0.25, 0.3) is 0 Å². The molecule has 1 fully saturated rings. The maximum absolute atomic E-state index is 5.80. The summed E-state index contributed by atoms with van der Waals surface area (Å²) >= 11 is 0. The molecule has 1 saturated carbocycles. The largest absolute Gasteiger partial charge is 0.384 e. The molecule has 3 rings (SSSR count). The molecule has 0 spiro atoms. The number of hydrogen-bond acceptors (Lipinski definition) is 5. The molecule has 0 bridgehead atoms. The van der Waals surface area contributed by atoms with E-state index in [1.807, 2.05) is 24.4 Å². The highest BCUT2D eigenvalue weighted by molar-refractivity contribution is 5.45.